The van der Waals surface area contributed by atoms with Crippen LogP contribution in [0.5, 0.6) is 0 Å². The van der Waals surface area contributed by atoms with Gasteiger partial charge in [-0.1, -0.05) is 18.2 Å². The van der Waals surface area contributed by atoms with Crippen molar-refractivity contribution in [2.75, 3.05) is 11.4 Å². The Labute approximate surface area is 198 Å². The molecule has 3 saturated carbocycles. The van der Waals surface area contributed by atoms with Crippen molar-refractivity contribution in [3.05, 3.63) is 48.0 Å². The van der Waals surface area contributed by atoms with Crippen LogP contribution in [0.25, 0.3) is 0 Å². The number of nitrogens with zero attached hydrogens (tertiary/aromatic N) is 3. The van der Waals surface area contributed by atoms with Gasteiger partial charge in [0.2, 0.25) is 0 Å². The van der Waals surface area contributed by atoms with E-state index >= 15 is 0 Å². The Hall–Kier alpha value is -2.07. The third kappa shape index (κ3) is 4.46. The number of alkyl halides is 3. The van der Waals surface area contributed by atoms with Crippen LogP contribution in [-0.4, -0.2) is 40.8 Å². The Morgan fingerprint density at radius 3 is 2.47 bits per heavy atom. The molecule has 10 heteroatoms. The predicted molar refractivity (Wildman–Crippen MR) is 123 cm³/mol. The monoisotopic (exact) mass is 496 g/mol. The van der Waals surface area contributed by atoms with E-state index in [1.807, 2.05) is 12.1 Å². The van der Waals surface area contributed by atoms with Crippen molar-refractivity contribution in [3.8, 4) is 0 Å². The molecule has 34 heavy (non-hydrogen) atoms. The van der Waals surface area contributed by atoms with Gasteiger partial charge < -0.3 is 9.88 Å². The lowest BCUT2D eigenvalue weighted by molar-refractivity contribution is -0.0492. The number of para-hydroxylation sites is 1. The summed E-state index contributed by atoms with van der Waals surface area (Å²) in [7, 11) is -5.45. The highest BCUT2D eigenvalue weighted by molar-refractivity contribution is 7.89. The van der Waals surface area contributed by atoms with E-state index in [2.05, 4.69) is 14.9 Å². The maximum absolute atomic E-state index is 13.6. The summed E-state index contributed by atoms with van der Waals surface area (Å²) in [6.07, 6.45) is 12.1. The smallest absolute Gasteiger partial charge is 0.361 e. The highest BCUT2D eigenvalue weighted by Crippen LogP contribution is 2.53. The molecule has 6 nitrogen and oxygen atoms in total. The van der Waals surface area contributed by atoms with E-state index in [9.17, 15) is 21.6 Å². The van der Waals surface area contributed by atoms with Crippen molar-refractivity contribution in [1.29, 1.82) is 0 Å². The van der Waals surface area contributed by atoms with Gasteiger partial charge in [0.05, 0.1) is 18.6 Å². The van der Waals surface area contributed by atoms with Crippen molar-refractivity contribution in [1.82, 2.24) is 14.3 Å². The molecular weight excluding hydrogens is 465 g/mol. The van der Waals surface area contributed by atoms with Crippen LogP contribution < -0.4 is 4.90 Å². The summed E-state index contributed by atoms with van der Waals surface area (Å²) in [6.45, 7) is -0.0547. The number of aromatic nitrogens is 2. The summed E-state index contributed by atoms with van der Waals surface area (Å²) in [4.78, 5) is 9.26. The van der Waals surface area contributed by atoms with Gasteiger partial charge in [-0.05, 0) is 74.3 Å². The number of halogens is 3. The third-order valence-corrected chi connectivity index (χ3v) is 9.83. The number of anilines is 1. The van der Waals surface area contributed by atoms with Crippen LogP contribution in [-0.2, 0) is 23.1 Å². The molecule has 0 radical (unpaired) electrons. The fourth-order valence-corrected chi connectivity index (χ4v) is 7.21. The topological polar surface area (TPSA) is 69.3 Å². The molecule has 1 aromatic carbocycles. The van der Waals surface area contributed by atoms with Crippen molar-refractivity contribution in [3.63, 3.8) is 0 Å². The first-order chi connectivity index (χ1) is 16.2. The van der Waals surface area contributed by atoms with E-state index in [1.165, 1.54) is 38.5 Å². The third-order valence-electron chi connectivity index (χ3n) is 8.29. The first kappa shape index (κ1) is 23.7. The second kappa shape index (κ2) is 8.86. The van der Waals surface area contributed by atoms with Crippen LogP contribution >= 0.6 is 0 Å². The number of nitrogens with one attached hydrogen (secondary N) is 1. The Balaban J connectivity index is 1.49. The van der Waals surface area contributed by atoms with Gasteiger partial charge in [-0.2, -0.15) is 17.5 Å². The van der Waals surface area contributed by atoms with Gasteiger partial charge in [0.15, 0.2) is 0 Å². The maximum atomic E-state index is 13.6. The molecule has 186 valence electrons. The minimum atomic E-state index is -5.45. The molecule has 4 aliphatic rings. The average Bonchev–Trinajstić information content (AvgIpc) is 3.28. The second-order valence-electron chi connectivity index (χ2n) is 10.3. The van der Waals surface area contributed by atoms with E-state index in [4.69, 9.17) is 0 Å². The molecular formula is C24H31F3N4O2S. The number of hydrogen-bond donors (Lipinski definition) is 1. The summed E-state index contributed by atoms with van der Waals surface area (Å²) < 4.78 is 66.5. The molecule has 0 unspecified atom stereocenters. The zero-order chi connectivity index (χ0) is 24.0. The number of benzene rings is 1. The van der Waals surface area contributed by atoms with Gasteiger partial charge in [-0.3, -0.25) is 0 Å². The van der Waals surface area contributed by atoms with Crippen LogP contribution in [0.1, 0.15) is 62.6 Å². The number of fused-ring (bicyclic) bond motifs is 4. The van der Waals surface area contributed by atoms with Crippen LogP contribution in [0.3, 0.4) is 0 Å². The van der Waals surface area contributed by atoms with Crippen molar-refractivity contribution in [2.24, 2.45) is 11.3 Å². The second-order valence-corrected chi connectivity index (χ2v) is 12.2. The molecule has 0 spiro atoms. The SMILES string of the molecule is O=S(=O)(N1Cc2ccccc2N(Cc2cnc[nH]2)[C@H](CCC23CCC(CC2)CC3)C1)C(F)(F)F. The first-order valence-electron chi connectivity index (χ1n) is 12.1. The zero-order valence-electron chi connectivity index (χ0n) is 19.1. The van der Waals surface area contributed by atoms with E-state index in [0.717, 1.165) is 23.7 Å². The quantitative estimate of drug-likeness (QED) is 0.597. The van der Waals surface area contributed by atoms with Crippen LogP contribution in [0.15, 0.2) is 36.8 Å². The van der Waals surface area contributed by atoms with Crippen LogP contribution in [0, 0.1) is 11.3 Å². The zero-order valence-corrected chi connectivity index (χ0v) is 19.9. The van der Waals surface area contributed by atoms with Crippen molar-refractivity contribution < 1.29 is 21.6 Å². The molecule has 2 heterocycles. The molecule has 3 fully saturated rings. The summed E-state index contributed by atoms with van der Waals surface area (Å²) in [5, 5.41) is 0. The fraction of sp³-hybridized carbons (Fsp3) is 0.625. The number of rotatable bonds is 6. The molecule has 3 aliphatic carbocycles. The van der Waals surface area contributed by atoms with Crippen molar-refractivity contribution in [2.45, 2.75) is 76.0 Å². The van der Waals surface area contributed by atoms with E-state index in [0.29, 0.717) is 22.8 Å². The minimum Gasteiger partial charge on any atom is -0.361 e. The molecule has 1 atom stereocenters. The number of sulfonamides is 1. The van der Waals surface area contributed by atoms with Gasteiger partial charge in [0.1, 0.15) is 0 Å². The van der Waals surface area contributed by atoms with Gasteiger partial charge in [0.25, 0.3) is 0 Å². The highest BCUT2D eigenvalue weighted by Gasteiger charge is 2.51. The Morgan fingerprint density at radius 2 is 1.82 bits per heavy atom. The number of imidazole rings is 1. The summed E-state index contributed by atoms with van der Waals surface area (Å²) in [5.41, 5.74) is -2.89. The van der Waals surface area contributed by atoms with Gasteiger partial charge in [-0.15, -0.1) is 0 Å². The molecule has 1 aliphatic heterocycles. The largest absolute Gasteiger partial charge is 0.511 e. The molecule has 6 rings (SSSR count). The summed E-state index contributed by atoms with van der Waals surface area (Å²) >= 11 is 0. The van der Waals surface area contributed by atoms with Crippen LogP contribution in [0.4, 0.5) is 18.9 Å². The standard InChI is InChI=1S/C24H31F3N4O2S/c25-24(26,27)34(32,33)30-14-19-3-1-2-4-22(19)31(15-20-13-28-17-29-20)21(16-30)8-12-23-9-5-18(6-10-23)7-11-23/h1-4,13,17-18,21H,5-12,14-16H2,(H,28,29)/t18?,21-,23?/m1/s1. The van der Waals surface area contributed by atoms with Gasteiger partial charge in [-0.25, -0.2) is 13.4 Å². The highest BCUT2D eigenvalue weighted by atomic mass is 32.2. The maximum Gasteiger partial charge on any atom is 0.511 e. The molecule has 1 N–H and O–H groups in total. The lowest BCUT2D eigenvalue weighted by Gasteiger charge is -2.48. The molecule has 1 aromatic heterocycles. The lowest BCUT2D eigenvalue weighted by Crippen LogP contribution is -2.47. The van der Waals surface area contributed by atoms with Gasteiger partial charge in [0, 0.05) is 31.0 Å². The number of H-pyrrole nitrogens is 1. The Kier molecular flexibility index (Phi) is 6.16. The minimum absolute atomic E-state index is 0.191. The lowest BCUT2D eigenvalue weighted by atomic mass is 9.59. The molecule has 0 saturated heterocycles. The number of hydrogen-bond acceptors (Lipinski definition) is 4. The van der Waals surface area contributed by atoms with Crippen molar-refractivity contribution >= 4 is 15.7 Å². The molecule has 2 aromatic rings. The Morgan fingerprint density at radius 1 is 1.12 bits per heavy atom. The van der Waals surface area contributed by atoms with E-state index in [1.54, 1.807) is 24.7 Å². The average molecular weight is 497 g/mol. The predicted octanol–water partition coefficient (Wildman–Crippen LogP) is 5.20. The van der Waals surface area contributed by atoms with Gasteiger partial charge >= 0.3 is 15.5 Å². The molecule has 0 amide bonds. The van der Waals surface area contributed by atoms with Crippen LogP contribution in [0.2, 0.25) is 0 Å². The summed E-state index contributed by atoms with van der Waals surface area (Å²) in [6, 6.07) is 6.82. The Bertz CT molecular complexity index is 1080. The number of aromatic amines is 1. The first-order valence-corrected chi connectivity index (χ1v) is 13.5. The van der Waals surface area contributed by atoms with E-state index < -0.39 is 15.5 Å². The summed E-state index contributed by atoms with van der Waals surface area (Å²) in [5.74, 6) is 0.830. The fourth-order valence-electron chi connectivity index (χ4n) is 6.24. The molecule has 2 bridgehead atoms. The normalized spacial score (nSPS) is 28.0. The van der Waals surface area contributed by atoms with E-state index in [-0.39, 0.29) is 24.5 Å².